The molecule has 0 radical (unpaired) electrons. The van der Waals surface area contributed by atoms with E-state index in [1.165, 1.54) is 0 Å². The fraction of sp³-hybridized carbons (Fsp3) is 0.500. The van der Waals surface area contributed by atoms with Crippen molar-refractivity contribution in [3.05, 3.63) is 33.3 Å². The van der Waals surface area contributed by atoms with E-state index >= 15 is 0 Å². The Morgan fingerprint density at radius 1 is 1.35 bits per heavy atom. The fourth-order valence-corrected chi connectivity index (χ4v) is 2.67. The highest BCUT2D eigenvalue weighted by Crippen LogP contribution is 2.22. The largest absolute Gasteiger partial charge is 0.292 e. The highest BCUT2D eigenvalue weighted by atomic mass is 79.9. The number of ketones is 1. The Bertz CT molecular complexity index is 642. The number of carbonyl (C=O) groups is 1. The Balaban J connectivity index is 2.30. The Morgan fingerprint density at radius 3 is 2.60 bits per heavy atom. The third-order valence-corrected chi connectivity index (χ3v) is 4.39. The van der Waals surface area contributed by atoms with Crippen molar-refractivity contribution in [3.8, 4) is 0 Å². The van der Waals surface area contributed by atoms with E-state index in [4.69, 9.17) is 0 Å². The second kappa shape index (κ2) is 5.91. The summed E-state index contributed by atoms with van der Waals surface area (Å²) in [6, 6.07) is 1.87. The normalized spacial score (nSPS) is 11.1. The van der Waals surface area contributed by atoms with E-state index < -0.39 is 0 Å². The number of halogens is 1. The molecule has 5 nitrogen and oxygen atoms in total. The first-order chi connectivity index (χ1) is 9.47. The molecule has 108 valence electrons. The van der Waals surface area contributed by atoms with Gasteiger partial charge in [-0.05, 0) is 42.3 Å². The van der Waals surface area contributed by atoms with E-state index in [-0.39, 0.29) is 5.78 Å². The van der Waals surface area contributed by atoms with Crippen LogP contribution in [0.5, 0.6) is 0 Å². The van der Waals surface area contributed by atoms with Crippen LogP contribution in [0.2, 0.25) is 0 Å². The Kier molecular flexibility index (Phi) is 4.42. The number of Topliss-reactive ketones (excluding diaryl/α,β-unsaturated/α-hetero) is 1. The summed E-state index contributed by atoms with van der Waals surface area (Å²) < 4.78 is 4.45. The van der Waals surface area contributed by atoms with Gasteiger partial charge in [-0.3, -0.25) is 14.2 Å². The summed E-state index contributed by atoms with van der Waals surface area (Å²) in [5.41, 5.74) is 3.42. The van der Waals surface area contributed by atoms with Crippen molar-refractivity contribution in [3.63, 3.8) is 0 Å². The molecule has 0 atom stereocenters. The molecule has 6 heteroatoms. The predicted molar refractivity (Wildman–Crippen MR) is 81.0 cm³/mol. The minimum Gasteiger partial charge on any atom is -0.292 e. The lowest BCUT2D eigenvalue weighted by atomic mass is 10.1. The Hall–Kier alpha value is -1.43. The highest BCUT2D eigenvalue weighted by molar-refractivity contribution is 9.10. The number of hydrogen-bond acceptors (Lipinski definition) is 3. The van der Waals surface area contributed by atoms with Gasteiger partial charge in [0.25, 0.3) is 0 Å². The monoisotopic (exact) mass is 338 g/mol. The van der Waals surface area contributed by atoms with Crippen molar-refractivity contribution < 1.29 is 4.79 Å². The van der Waals surface area contributed by atoms with Gasteiger partial charge in [0, 0.05) is 13.6 Å². The zero-order chi connectivity index (χ0) is 14.9. The number of aryl methyl sites for hydroxylation is 4. The Labute approximate surface area is 127 Å². The van der Waals surface area contributed by atoms with Crippen molar-refractivity contribution in [2.45, 2.75) is 40.2 Å². The van der Waals surface area contributed by atoms with Crippen LogP contribution in [-0.2, 0) is 26.4 Å². The molecule has 2 aromatic rings. The summed E-state index contributed by atoms with van der Waals surface area (Å²) in [6.45, 7) is 6.74. The molecule has 0 bridgehead atoms. The molecule has 0 amide bonds. The summed E-state index contributed by atoms with van der Waals surface area (Å²) in [5.74, 6) is 0.0648. The van der Waals surface area contributed by atoms with Gasteiger partial charge in [0.2, 0.25) is 0 Å². The van der Waals surface area contributed by atoms with Gasteiger partial charge in [0.05, 0.1) is 28.0 Å². The molecule has 0 N–H and O–H groups in total. The lowest BCUT2D eigenvalue weighted by Gasteiger charge is -2.05. The van der Waals surface area contributed by atoms with Gasteiger partial charge in [-0.25, -0.2) is 0 Å². The summed E-state index contributed by atoms with van der Waals surface area (Å²) in [6.07, 6.45) is 1.16. The van der Waals surface area contributed by atoms with Gasteiger partial charge in [0.15, 0.2) is 5.78 Å². The topological polar surface area (TPSA) is 52.7 Å². The molecule has 2 rings (SSSR count). The summed E-state index contributed by atoms with van der Waals surface area (Å²) >= 11 is 3.52. The Morgan fingerprint density at radius 2 is 2.05 bits per heavy atom. The molecule has 2 heterocycles. The SMILES string of the molecule is CCc1cc(C(=O)Cc2c(Br)c(C)nn2CC)n(C)n1. The minimum atomic E-state index is 0.0648. The van der Waals surface area contributed by atoms with Crippen molar-refractivity contribution in [2.24, 2.45) is 7.05 Å². The van der Waals surface area contributed by atoms with Gasteiger partial charge in [0.1, 0.15) is 5.69 Å². The zero-order valence-corrected chi connectivity index (χ0v) is 13.9. The minimum absolute atomic E-state index is 0.0648. The van der Waals surface area contributed by atoms with E-state index in [1.54, 1.807) is 4.68 Å². The van der Waals surface area contributed by atoms with Crippen molar-refractivity contribution in [1.29, 1.82) is 0 Å². The molecule has 0 fully saturated rings. The molecule has 0 spiro atoms. The summed E-state index contributed by atoms with van der Waals surface area (Å²) in [4.78, 5) is 12.5. The average molecular weight is 339 g/mol. The van der Waals surface area contributed by atoms with Gasteiger partial charge in [-0.15, -0.1) is 0 Å². The second-order valence-corrected chi connectivity index (χ2v) is 5.55. The number of aromatic nitrogens is 4. The molecular formula is C14H19BrN4O. The molecule has 0 saturated heterocycles. The predicted octanol–water partition coefficient (Wildman–Crippen LogP) is 2.70. The summed E-state index contributed by atoms with van der Waals surface area (Å²) in [7, 11) is 1.81. The number of rotatable bonds is 5. The third kappa shape index (κ3) is 2.70. The standard InChI is InChI=1S/C14H19BrN4O/c1-5-10-7-11(18(4)17-10)13(20)8-12-14(15)9(3)16-19(12)6-2/h7H,5-6,8H2,1-4H3. The summed E-state index contributed by atoms with van der Waals surface area (Å²) in [5, 5.41) is 8.74. The van der Waals surface area contributed by atoms with Crippen LogP contribution >= 0.6 is 15.9 Å². The quantitative estimate of drug-likeness (QED) is 0.787. The van der Waals surface area contributed by atoms with Crippen molar-refractivity contribution >= 4 is 21.7 Å². The second-order valence-electron chi connectivity index (χ2n) is 4.76. The third-order valence-electron chi connectivity index (χ3n) is 3.36. The average Bonchev–Trinajstić information content (AvgIpc) is 2.93. The molecule has 0 unspecified atom stereocenters. The van der Waals surface area contributed by atoms with E-state index in [0.717, 1.165) is 34.5 Å². The van der Waals surface area contributed by atoms with E-state index in [9.17, 15) is 4.79 Å². The molecule has 0 saturated carbocycles. The van der Waals surface area contributed by atoms with Gasteiger partial charge in [-0.1, -0.05) is 6.92 Å². The first-order valence-electron chi connectivity index (χ1n) is 6.75. The van der Waals surface area contributed by atoms with Crippen LogP contribution in [0, 0.1) is 6.92 Å². The van der Waals surface area contributed by atoms with Gasteiger partial charge in [-0.2, -0.15) is 10.2 Å². The first kappa shape index (κ1) is 15.0. The van der Waals surface area contributed by atoms with Crippen LogP contribution in [0.3, 0.4) is 0 Å². The maximum atomic E-state index is 12.5. The van der Waals surface area contributed by atoms with Gasteiger partial charge < -0.3 is 0 Å². The van der Waals surface area contributed by atoms with E-state index in [2.05, 4.69) is 26.1 Å². The van der Waals surface area contributed by atoms with Crippen molar-refractivity contribution in [2.75, 3.05) is 0 Å². The van der Waals surface area contributed by atoms with Gasteiger partial charge >= 0.3 is 0 Å². The van der Waals surface area contributed by atoms with E-state index in [0.29, 0.717) is 12.1 Å². The molecular weight excluding hydrogens is 320 g/mol. The number of carbonyl (C=O) groups excluding carboxylic acids is 1. The maximum Gasteiger partial charge on any atom is 0.186 e. The zero-order valence-electron chi connectivity index (χ0n) is 12.3. The molecule has 2 aromatic heterocycles. The molecule has 0 aliphatic carbocycles. The molecule has 0 aliphatic heterocycles. The molecule has 0 aliphatic rings. The smallest absolute Gasteiger partial charge is 0.186 e. The van der Waals surface area contributed by atoms with Crippen LogP contribution in [-0.4, -0.2) is 25.3 Å². The van der Waals surface area contributed by atoms with Crippen LogP contribution in [0.4, 0.5) is 0 Å². The number of nitrogens with zero attached hydrogens (tertiary/aromatic N) is 4. The lowest BCUT2D eigenvalue weighted by molar-refractivity contribution is 0.0981. The fourth-order valence-electron chi connectivity index (χ4n) is 2.24. The van der Waals surface area contributed by atoms with Crippen LogP contribution in [0.15, 0.2) is 10.5 Å². The van der Waals surface area contributed by atoms with Crippen molar-refractivity contribution in [1.82, 2.24) is 19.6 Å². The van der Waals surface area contributed by atoms with E-state index in [1.807, 2.05) is 38.6 Å². The molecule has 0 aromatic carbocycles. The lowest BCUT2D eigenvalue weighted by Crippen LogP contribution is -2.13. The van der Waals surface area contributed by atoms with Crippen LogP contribution in [0.25, 0.3) is 0 Å². The maximum absolute atomic E-state index is 12.5. The highest BCUT2D eigenvalue weighted by Gasteiger charge is 2.19. The first-order valence-corrected chi connectivity index (χ1v) is 7.55. The molecule has 20 heavy (non-hydrogen) atoms. The van der Waals surface area contributed by atoms with Crippen LogP contribution in [0.1, 0.15) is 41.4 Å². The van der Waals surface area contributed by atoms with Crippen LogP contribution < -0.4 is 0 Å². The number of hydrogen-bond donors (Lipinski definition) is 0.